The summed E-state index contributed by atoms with van der Waals surface area (Å²) in [4.78, 5) is 28.9. The van der Waals surface area contributed by atoms with Crippen molar-refractivity contribution >= 4 is 17.7 Å². The van der Waals surface area contributed by atoms with Crippen LogP contribution in [0.2, 0.25) is 0 Å². The zero-order valence-corrected chi connectivity index (χ0v) is 12.5. The summed E-state index contributed by atoms with van der Waals surface area (Å²) in [5.74, 6) is -0.0611. The Kier molecular flexibility index (Phi) is 4.27. The molecule has 2 aliphatic rings. The summed E-state index contributed by atoms with van der Waals surface area (Å²) in [6, 6.07) is 4.16. The zero-order chi connectivity index (χ0) is 15.5. The van der Waals surface area contributed by atoms with Gasteiger partial charge in [-0.2, -0.15) is 0 Å². The number of aromatic nitrogens is 1. The Morgan fingerprint density at radius 2 is 2.32 bits per heavy atom. The number of aliphatic carboxylic acids is 1. The average Bonchev–Trinajstić information content (AvgIpc) is 2.85. The van der Waals surface area contributed by atoms with Crippen LogP contribution in [0, 0.1) is 5.92 Å². The lowest BCUT2D eigenvalue weighted by Gasteiger charge is -2.18. The van der Waals surface area contributed by atoms with E-state index in [1.54, 1.807) is 0 Å². The van der Waals surface area contributed by atoms with Crippen LogP contribution < -0.4 is 5.32 Å². The minimum Gasteiger partial charge on any atom is -0.480 e. The number of carbonyl (C=O) groups excluding carboxylic acids is 1. The number of pyridine rings is 1. The fourth-order valence-corrected chi connectivity index (χ4v) is 3.22. The van der Waals surface area contributed by atoms with E-state index in [9.17, 15) is 9.59 Å². The highest BCUT2D eigenvalue weighted by atomic mass is 16.4. The van der Waals surface area contributed by atoms with Crippen molar-refractivity contribution in [3.05, 3.63) is 23.4 Å². The van der Waals surface area contributed by atoms with Gasteiger partial charge in [-0.25, -0.2) is 4.98 Å². The maximum atomic E-state index is 12.1. The van der Waals surface area contributed by atoms with Gasteiger partial charge in [-0.1, -0.05) is 6.07 Å². The Balaban J connectivity index is 1.57. The molecule has 0 spiro atoms. The molecule has 6 nitrogen and oxygen atoms in total. The van der Waals surface area contributed by atoms with E-state index in [1.165, 1.54) is 10.5 Å². The van der Waals surface area contributed by atoms with Crippen LogP contribution >= 0.6 is 0 Å². The van der Waals surface area contributed by atoms with Crippen LogP contribution in [0.25, 0.3) is 0 Å². The Morgan fingerprint density at radius 3 is 3.14 bits per heavy atom. The maximum Gasteiger partial charge on any atom is 0.323 e. The quantitative estimate of drug-likeness (QED) is 0.857. The maximum absolute atomic E-state index is 12.1. The van der Waals surface area contributed by atoms with Gasteiger partial charge in [0.2, 0.25) is 5.91 Å². The first-order valence-corrected chi connectivity index (χ1v) is 7.87. The second kappa shape index (κ2) is 6.34. The van der Waals surface area contributed by atoms with Gasteiger partial charge in [-0.05, 0) is 43.7 Å². The van der Waals surface area contributed by atoms with Crippen molar-refractivity contribution in [2.45, 2.75) is 32.1 Å². The van der Waals surface area contributed by atoms with Crippen LogP contribution in [-0.2, 0) is 22.4 Å². The van der Waals surface area contributed by atoms with E-state index in [1.807, 2.05) is 6.07 Å². The molecule has 1 unspecified atom stereocenters. The number of anilines is 1. The van der Waals surface area contributed by atoms with Crippen LogP contribution in [0.3, 0.4) is 0 Å². The van der Waals surface area contributed by atoms with Crippen molar-refractivity contribution in [2.75, 3.05) is 25.0 Å². The molecule has 1 amide bonds. The predicted molar refractivity (Wildman–Crippen MR) is 81.7 cm³/mol. The number of carboxylic acid groups (broad SMARTS) is 1. The molecule has 3 rings (SSSR count). The summed E-state index contributed by atoms with van der Waals surface area (Å²) in [7, 11) is 0. The van der Waals surface area contributed by atoms with Crippen molar-refractivity contribution in [1.82, 2.24) is 9.88 Å². The number of rotatable bonds is 5. The predicted octanol–water partition coefficient (Wildman–Crippen LogP) is 1.31. The molecule has 1 saturated heterocycles. The van der Waals surface area contributed by atoms with Crippen LogP contribution in [-0.4, -0.2) is 46.5 Å². The van der Waals surface area contributed by atoms with Crippen molar-refractivity contribution in [1.29, 1.82) is 0 Å². The number of hydrogen-bond donors (Lipinski definition) is 2. The molecular weight excluding hydrogens is 282 g/mol. The number of hydrogen-bond acceptors (Lipinski definition) is 4. The normalized spacial score (nSPS) is 20.6. The van der Waals surface area contributed by atoms with E-state index in [2.05, 4.69) is 16.4 Å². The second-order valence-electron chi connectivity index (χ2n) is 6.02. The highest BCUT2D eigenvalue weighted by Crippen LogP contribution is 2.24. The molecule has 2 aliphatic heterocycles. The minimum absolute atomic E-state index is 0.0292. The van der Waals surface area contributed by atoms with Crippen LogP contribution in [0.5, 0.6) is 0 Å². The molecule has 1 aromatic rings. The molecule has 0 saturated carbocycles. The average molecular weight is 303 g/mol. The first kappa shape index (κ1) is 14.8. The van der Waals surface area contributed by atoms with Gasteiger partial charge in [0.1, 0.15) is 12.4 Å². The smallest absolute Gasteiger partial charge is 0.323 e. The van der Waals surface area contributed by atoms with E-state index in [0.29, 0.717) is 6.54 Å². The third kappa shape index (κ3) is 3.21. The molecular formula is C16H21N3O3. The summed E-state index contributed by atoms with van der Waals surface area (Å²) in [5, 5.41) is 12.1. The van der Waals surface area contributed by atoms with Crippen molar-refractivity contribution in [2.24, 2.45) is 5.92 Å². The lowest BCUT2D eigenvalue weighted by molar-refractivity contribution is -0.143. The van der Waals surface area contributed by atoms with Crippen molar-refractivity contribution in [3.63, 3.8) is 0 Å². The molecule has 0 bridgehead atoms. The van der Waals surface area contributed by atoms with Crippen LogP contribution in [0.15, 0.2) is 12.1 Å². The Hall–Kier alpha value is -2.11. The summed E-state index contributed by atoms with van der Waals surface area (Å²) in [6.07, 6.45) is 4.45. The molecule has 2 N–H and O–H groups in total. The number of likely N-dealkylation sites (tertiary alicyclic amines) is 1. The number of amides is 1. The molecule has 1 atom stereocenters. The summed E-state index contributed by atoms with van der Waals surface area (Å²) in [5.41, 5.74) is 2.26. The van der Waals surface area contributed by atoms with E-state index < -0.39 is 5.97 Å². The largest absolute Gasteiger partial charge is 0.480 e. The topological polar surface area (TPSA) is 82.5 Å². The third-order valence-electron chi connectivity index (χ3n) is 4.44. The molecule has 118 valence electrons. The number of aryl methyl sites for hydroxylation is 2. The molecule has 1 aromatic heterocycles. The van der Waals surface area contributed by atoms with Gasteiger partial charge >= 0.3 is 5.97 Å². The molecule has 6 heteroatoms. The molecule has 3 heterocycles. The van der Waals surface area contributed by atoms with E-state index in [-0.39, 0.29) is 18.4 Å². The van der Waals surface area contributed by atoms with E-state index in [4.69, 9.17) is 5.11 Å². The highest BCUT2D eigenvalue weighted by Gasteiger charge is 2.32. The number of nitrogens with zero attached hydrogens (tertiary/aromatic N) is 2. The van der Waals surface area contributed by atoms with Crippen LogP contribution in [0.4, 0.5) is 5.82 Å². The third-order valence-corrected chi connectivity index (χ3v) is 4.44. The summed E-state index contributed by atoms with van der Waals surface area (Å²) in [6.45, 7) is 1.33. The lowest BCUT2D eigenvalue weighted by Crippen LogP contribution is -2.32. The van der Waals surface area contributed by atoms with Gasteiger partial charge in [0.05, 0.1) is 0 Å². The first-order chi connectivity index (χ1) is 10.6. The first-order valence-electron chi connectivity index (χ1n) is 7.87. The second-order valence-corrected chi connectivity index (χ2v) is 6.02. The number of carboxylic acids is 1. The Labute approximate surface area is 129 Å². The molecule has 22 heavy (non-hydrogen) atoms. The Morgan fingerprint density at radius 1 is 1.45 bits per heavy atom. The van der Waals surface area contributed by atoms with Crippen molar-refractivity contribution in [3.8, 4) is 0 Å². The van der Waals surface area contributed by atoms with Gasteiger partial charge in [0, 0.05) is 24.7 Å². The monoisotopic (exact) mass is 303 g/mol. The summed E-state index contributed by atoms with van der Waals surface area (Å²) < 4.78 is 0. The highest BCUT2D eigenvalue weighted by molar-refractivity contribution is 5.84. The fourth-order valence-electron chi connectivity index (χ4n) is 3.22. The van der Waals surface area contributed by atoms with Crippen LogP contribution in [0.1, 0.15) is 30.5 Å². The zero-order valence-electron chi connectivity index (χ0n) is 12.5. The number of nitrogens with one attached hydrogen (secondary N) is 1. The SMILES string of the molecule is O=C(O)CN1CCC(CCc2ccc3c(n2)NCCC3)C1=O. The minimum atomic E-state index is -0.948. The summed E-state index contributed by atoms with van der Waals surface area (Å²) >= 11 is 0. The van der Waals surface area contributed by atoms with Gasteiger partial charge in [-0.15, -0.1) is 0 Å². The van der Waals surface area contributed by atoms with E-state index in [0.717, 1.165) is 50.2 Å². The molecule has 0 radical (unpaired) electrons. The van der Waals surface area contributed by atoms with Gasteiger partial charge in [0.25, 0.3) is 0 Å². The molecule has 1 fully saturated rings. The van der Waals surface area contributed by atoms with Gasteiger partial charge in [-0.3, -0.25) is 9.59 Å². The van der Waals surface area contributed by atoms with Crippen molar-refractivity contribution < 1.29 is 14.7 Å². The molecule has 0 aliphatic carbocycles. The van der Waals surface area contributed by atoms with Gasteiger partial charge < -0.3 is 15.3 Å². The fraction of sp³-hybridized carbons (Fsp3) is 0.562. The number of fused-ring (bicyclic) bond motifs is 1. The lowest BCUT2D eigenvalue weighted by atomic mass is 9.99. The number of carbonyl (C=O) groups is 2. The standard InChI is InChI=1S/C16H21N3O3/c20-14(21)10-19-9-7-12(16(19)22)4-6-13-5-3-11-2-1-8-17-15(11)18-13/h3,5,12H,1-2,4,6-10H2,(H,17,18)(H,20,21). The Bertz CT molecular complexity index is 588. The molecule has 0 aromatic carbocycles. The van der Waals surface area contributed by atoms with Gasteiger partial charge in [0.15, 0.2) is 0 Å². The van der Waals surface area contributed by atoms with E-state index >= 15 is 0 Å².